The Hall–Kier alpha value is -2.15. The predicted octanol–water partition coefficient (Wildman–Crippen LogP) is 1.39. The number of likely N-dealkylation sites (N-methyl/N-ethyl adjacent to an activating group) is 1. The third kappa shape index (κ3) is 5.42. The fourth-order valence-corrected chi connectivity index (χ4v) is 4.60. The molecule has 1 aromatic carbocycles. The molecule has 6 nitrogen and oxygen atoms in total. The number of amides is 2. The van der Waals surface area contributed by atoms with Crippen molar-refractivity contribution in [3.05, 3.63) is 40.5 Å². The Morgan fingerprint density at radius 1 is 1.19 bits per heavy atom. The van der Waals surface area contributed by atoms with Crippen molar-refractivity contribution in [3.8, 4) is 0 Å². The van der Waals surface area contributed by atoms with Gasteiger partial charge in [-0.15, -0.1) is 0 Å². The van der Waals surface area contributed by atoms with Gasteiger partial charge in [-0.3, -0.25) is 9.59 Å². The molecule has 2 rings (SSSR count). The molecule has 0 radical (unpaired) electrons. The molecule has 0 saturated carbocycles. The summed E-state index contributed by atoms with van der Waals surface area (Å²) < 4.78 is 22.8. The molecule has 1 aliphatic heterocycles. The highest BCUT2D eigenvalue weighted by atomic mass is 32.2. The van der Waals surface area contributed by atoms with Gasteiger partial charge in [0.1, 0.15) is 0 Å². The number of nitrogens with one attached hydrogen (secondary N) is 1. The van der Waals surface area contributed by atoms with Crippen molar-refractivity contribution in [3.63, 3.8) is 0 Å². The summed E-state index contributed by atoms with van der Waals surface area (Å²) in [6.07, 6.45) is 3.63. The molecule has 2 amide bonds. The SMILES string of the molecule is Cc1cc(C)c(/C=C/C(=O)N(C)CC(=O)NC2CCS(=O)(=O)C2)cc1C. The molecule has 1 aromatic rings. The zero-order chi connectivity index (χ0) is 19.5. The van der Waals surface area contributed by atoms with Crippen molar-refractivity contribution < 1.29 is 18.0 Å². The lowest BCUT2D eigenvalue weighted by Crippen LogP contribution is -2.42. The van der Waals surface area contributed by atoms with Crippen molar-refractivity contribution in [1.82, 2.24) is 10.2 Å². The number of nitrogens with zero attached hydrogens (tertiary/aromatic N) is 1. The van der Waals surface area contributed by atoms with Gasteiger partial charge in [-0.2, -0.15) is 0 Å². The fourth-order valence-electron chi connectivity index (χ4n) is 2.93. The summed E-state index contributed by atoms with van der Waals surface area (Å²) in [6.45, 7) is 5.95. The van der Waals surface area contributed by atoms with E-state index in [4.69, 9.17) is 0 Å². The molecular formula is C19H26N2O4S. The van der Waals surface area contributed by atoms with Crippen LogP contribution in [0.5, 0.6) is 0 Å². The van der Waals surface area contributed by atoms with Crippen LogP contribution in [0.2, 0.25) is 0 Å². The highest BCUT2D eigenvalue weighted by Gasteiger charge is 2.29. The summed E-state index contributed by atoms with van der Waals surface area (Å²) in [7, 11) is -1.50. The van der Waals surface area contributed by atoms with Crippen molar-refractivity contribution in [2.75, 3.05) is 25.1 Å². The Bertz CT molecular complexity index is 843. The smallest absolute Gasteiger partial charge is 0.246 e. The van der Waals surface area contributed by atoms with E-state index in [9.17, 15) is 18.0 Å². The molecule has 142 valence electrons. The van der Waals surface area contributed by atoms with Crippen LogP contribution in [0, 0.1) is 20.8 Å². The van der Waals surface area contributed by atoms with Gasteiger partial charge in [-0.1, -0.05) is 12.1 Å². The van der Waals surface area contributed by atoms with Crippen molar-refractivity contribution in [2.24, 2.45) is 0 Å². The third-order valence-electron chi connectivity index (χ3n) is 4.64. The van der Waals surface area contributed by atoms with Crippen LogP contribution in [0.25, 0.3) is 6.08 Å². The van der Waals surface area contributed by atoms with Gasteiger partial charge in [0, 0.05) is 19.2 Å². The predicted molar refractivity (Wildman–Crippen MR) is 103 cm³/mol. The van der Waals surface area contributed by atoms with Crippen LogP contribution >= 0.6 is 0 Å². The van der Waals surface area contributed by atoms with E-state index in [0.717, 1.165) is 16.7 Å². The minimum Gasteiger partial charge on any atom is -0.351 e. The standard InChI is InChI=1S/C19H26N2O4S/c1-13-9-15(3)16(10-14(13)2)5-6-19(23)21(4)11-18(22)20-17-7-8-26(24,25)12-17/h5-6,9-10,17H,7-8,11-12H2,1-4H3,(H,20,22)/b6-5+. The van der Waals surface area contributed by atoms with E-state index in [0.29, 0.717) is 6.42 Å². The molecule has 1 saturated heterocycles. The largest absolute Gasteiger partial charge is 0.351 e. The second kappa shape index (κ2) is 8.03. The van der Waals surface area contributed by atoms with Crippen molar-refractivity contribution >= 4 is 27.7 Å². The van der Waals surface area contributed by atoms with E-state index >= 15 is 0 Å². The Kier molecular flexibility index (Phi) is 6.23. The molecule has 1 unspecified atom stereocenters. The first kappa shape index (κ1) is 20.2. The van der Waals surface area contributed by atoms with Crippen LogP contribution in [0.3, 0.4) is 0 Å². The second-order valence-corrected chi connectivity index (χ2v) is 9.22. The average molecular weight is 378 g/mol. The summed E-state index contributed by atoms with van der Waals surface area (Å²) >= 11 is 0. The number of hydrogen-bond donors (Lipinski definition) is 1. The van der Waals surface area contributed by atoms with Gasteiger partial charge in [0.15, 0.2) is 9.84 Å². The maximum atomic E-state index is 12.2. The number of hydrogen-bond acceptors (Lipinski definition) is 4. The van der Waals surface area contributed by atoms with Crippen LogP contribution in [-0.4, -0.2) is 56.3 Å². The molecule has 0 bridgehead atoms. The molecular weight excluding hydrogens is 352 g/mol. The molecule has 1 fully saturated rings. The number of benzene rings is 1. The third-order valence-corrected chi connectivity index (χ3v) is 6.41. The van der Waals surface area contributed by atoms with Gasteiger partial charge < -0.3 is 10.2 Å². The number of rotatable bonds is 5. The molecule has 26 heavy (non-hydrogen) atoms. The first-order valence-corrected chi connectivity index (χ1v) is 10.4. The summed E-state index contributed by atoms with van der Waals surface area (Å²) in [5.41, 5.74) is 4.41. The topological polar surface area (TPSA) is 83.6 Å². The Morgan fingerprint density at radius 2 is 1.85 bits per heavy atom. The van der Waals surface area contributed by atoms with Crippen LogP contribution in [0.15, 0.2) is 18.2 Å². The highest BCUT2D eigenvalue weighted by Crippen LogP contribution is 2.16. The van der Waals surface area contributed by atoms with Crippen LogP contribution in [-0.2, 0) is 19.4 Å². The average Bonchev–Trinajstić information content (AvgIpc) is 2.87. The summed E-state index contributed by atoms with van der Waals surface area (Å²) in [5.74, 6) is -0.553. The maximum absolute atomic E-state index is 12.2. The molecule has 1 N–H and O–H groups in total. The monoisotopic (exact) mass is 378 g/mol. The molecule has 1 atom stereocenters. The lowest BCUT2D eigenvalue weighted by atomic mass is 10.0. The van der Waals surface area contributed by atoms with Gasteiger partial charge in [-0.25, -0.2) is 8.42 Å². The van der Waals surface area contributed by atoms with Crippen LogP contribution in [0.4, 0.5) is 0 Å². The van der Waals surface area contributed by atoms with Crippen LogP contribution in [0.1, 0.15) is 28.7 Å². The van der Waals surface area contributed by atoms with E-state index in [1.165, 1.54) is 16.5 Å². The zero-order valence-corrected chi connectivity index (χ0v) is 16.5. The van der Waals surface area contributed by atoms with Gasteiger partial charge in [0.2, 0.25) is 11.8 Å². The van der Waals surface area contributed by atoms with Gasteiger partial charge in [0.05, 0.1) is 18.1 Å². The van der Waals surface area contributed by atoms with Crippen LogP contribution < -0.4 is 5.32 Å². The van der Waals surface area contributed by atoms with E-state index in [1.807, 2.05) is 26.8 Å². The fraction of sp³-hybridized carbons (Fsp3) is 0.474. The molecule has 0 aromatic heterocycles. The normalized spacial score (nSPS) is 18.8. The number of sulfone groups is 1. The molecule has 0 spiro atoms. The molecule has 7 heteroatoms. The minimum absolute atomic E-state index is 0.0254. The summed E-state index contributed by atoms with van der Waals surface area (Å²) in [4.78, 5) is 25.5. The van der Waals surface area contributed by atoms with Gasteiger partial charge in [-0.05, 0) is 55.5 Å². The first-order chi connectivity index (χ1) is 12.1. The minimum atomic E-state index is -3.04. The van der Waals surface area contributed by atoms with Gasteiger partial charge in [0.25, 0.3) is 0 Å². The van der Waals surface area contributed by atoms with Crippen molar-refractivity contribution in [1.29, 1.82) is 0 Å². The Morgan fingerprint density at radius 3 is 2.46 bits per heavy atom. The number of carbonyl (C=O) groups excluding carboxylic acids is 2. The Balaban J connectivity index is 1.91. The maximum Gasteiger partial charge on any atom is 0.246 e. The Labute approximate surface area is 155 Å². The highest BCUT2D eigenvalue weighted by molar-refractivity contribution is 7.91. The van der Waals surface area contributed by atoms with E-state index in [1.54, 1.807) is 13.1 Å². The van der Waals surface area contributed by atoms with E-state index < -0.39 is 9.84 Å². The zero-order valence-electron chi connectivity index (χ0n) is 15.7. The van der Waals surface area contributed by atoms with Crippen molar-refractivity contribution in [2.45, 2.75) is 33.2 Å². The number of carbonyl (C=O) groups is 2. The molecule has 1 aliphatic rings. The second-order valence-electron chi connectivity index (χ2n) is 6.99. The lowest BCUT2D eigenvalue weighted by molar-refractivity contribution is -0.131. The first-order valence-electron chi connectivity index (χ1n) is 8.58. The molecule has 0 aliphatic carbocycles. The number of aryl methyl sites for hydroxylation is 3. The van der Waals surface area contributed by atoms with E-state index in [2.05, 4.69) is 11.4 Å². The van der Waals surface area contributed by atoms with E-state index in [-0.39, 0.29) is 35.9 Å². The summed E-state index contributed by atoms with van der Waals surface area (Å²) in [6, 6.07) is 3.75. The van der Waals surface area contributed by atoms with Gasteiger partial charge >= 0.3 is 0 Å². The molecule has 1 heterocycles. The lowest BCUT2D eigenvalue weighted by Gasteiger charge is -2.17. The summed E-state index contributed by atoms with van der Waals surface area (Å²) in [5, 5.41) is 2.68. The quantitative estimate of drug-likeness (QED) is 0.785.